The second-order valence-corrected chi connectivity index (χ2v) is 6.55. The number of carbonyl (C=O) groups is 2. The van der Waals surface area contributed by atoms with E-state index in [0.717, 1.165) is 11.1 Å². The van der Waals surface area contributed by atoms with Crippen molar-refractivity contribution in [1.29, 1.82) is 0 Å². The van der Waals surface area contributed by atoms with Crippen molar-refractivity contribution in [3.63, 3.8) is 0 Å². The molecule has 132 valence electrons. The third-order valence-electron chi connectivity index (χ3n) is 4.12. The molecule has 2 N–H and O–H groups in total. The molecule has 1 heterocycles. The summed E-state index contributed by atoms with van der Waals surface area (Å²) in [4.78, 5) is 23.3. The summed E-state index contributed by atoms with van der Waals surface area (Å²) in [6, 6.07) is 3.54. The maximum atomic E-state index is 12.2. The third-order valence-corrected chi connectivity index (χ3v) is 4.72. The lowest BCUT2D eigenvalue weighted by Gasteiger charge is -2.36. The van der Waals surface area contributed by atoms with Crippen molar-refractivity contribution >= 4 is 23.5 Å². The summed E-state index contributed by atoms with van der Waals surface area (Å²) < 4.78 is 10.8. The van der Waals surface area contributed by atoms with Gasteiger partial charge < -0.3 is 19.9 Å². The molecule has 1 fully saturated rings. The molecule has 2 rings (SSSR count). The van der Waals surface area contributed by atoms with Crippen LogP contribution < -0.4 is 10.1 Å². The van der Waals surface area contributed by atoms with E-state index in [1.165, 1.54) is 0 Å². The monoisotopic (exact) mass is 355 g/mol. The molecule has 0 aliphatic carbocycles. The van der Waals surface area contributed by atoms with Crippen LogP contribution in [0.3, 0.4) is 0 Å². The summed E-state index contributed by atoms with van der Waals surface area (Å²) in [5, 5.41) is 12.6. The number of hydrogen-bond donors (Lipinski definition) is 2. The molecule has 0 unspecified atom stereocenters. The Morgan fingerprint density at radius 1 is 1.29 bits per heavy atom. The molecule has 0 spiro atoms. The van der Waals surface area contributed by atoms with Gasteiger partial charge in [0.25, 0.3) is 5.91 Å². The van der Waals surface area contributed by atoms with Crippen LogP contribution in [0.15, 0.2) is 12.1 Å². The molecule has 0 radical (unpaired) electrons. The van der Waals surface area contributed by atoms with Crippen LogP contribution in [0.1, 0.15) is 30.4 Å². The predicted octanol–water partition coefficient (Wildman–Crippen LogP) is 2.48. The number of aliphatic carboxylic acids is 1. The van der Waals surface area contributed by atoms with Crippen LogP contribution in [0.4, 0.5) is 0 Å². The molecular weight excluding hydrogens is 334 g/mol. The van der Waals surface area contributed by atoms with E-state index in [-0.39, 0.29) is 18.9 Å². The highest BCUT2D eigenvalue weighted by Crippen LogP contribution is 2.26. The van der Waals surface area contributed by atoms with Gasteiger partial charge in [0.15, 0.2) is 6.61 Å². The molecule has 1 aliphatic heterocycles. The summed E-state index contributed by atoms with van der Waals surface area (Å²) in [6.07, 6.45) is 0.829. The van der Waals surface area contributed by atoms with Crippen molar-refractivity contribution in [1.82, 2.24) is 5.32 Å². The molecule has 0 bridgehead atoms. The molecule has 0 aromatic heterocycles. The predicted molar refractivity (Wildman–Crippen MR) is 89.6 cm³/mol. The summed E-state index contributed by atoms with van der Waals surface area (Å²) in [5.41, 5.74) is 0.980. The van der Waals surface area contributed by atoms with Crippen molar-refractivity contribution in [2.45, 2.75) is 38.6 Å². The first-order chi connectivity index (χ1) is 11.3. The van der Waals surface area contributed by atoms with E-state index in [4.69, 9.17) is 26.2 Å². The topological polar surface area (TPSA) is 84.9 Å². The zero-order valence-electron chi connectivity index (χ0n) is 13.9. The Labute approximate surface area is 146 Å². The number of amides is 1. The summed E-state index contributed by atoms with van der Waals surface area (Å²) >= 11 is 6.11. The maximum absolute atomic E-state index is 12.2. The van der Waals surface area contributed by atoms with Crippen LogP contribution in [-0.4, -0.2) is 42.3 Å². The van der Waals surface area contributed by atoms with Crippen LogP contribution in [0.25, 0.3) is 0 Å². The fourth-order valence-corrected chi connectivity index (χ4v) is 2.98. The second kappa shape index (κ2) is 7.85. The molecule has 0 atom stereocenters. The van der Waals surface area contributed by atoms with E-state index in [1.54, 1.807) is 12.1 Å². The van der Waals surface area contributed by atoms with Gasteiger partial charge in [0.1, 0.15) is 5.75 Å². The average Bonchev–Trinajstić information content (AvgIpc) is 2.50. The largest absolute Gasteiger partial charge is 0.484 e. The normalized spacial score (nSPS) is 16.5. The third kappa shape index (κ3) is 4.85. The lowest BCUT2D eigenvalue weighted by molar-refractivity contribution is -0.140. The van der Waals surface area contributed by atoms with Gasteiger partial charge in [-0.2, -0.15) is 0 Å². The fourth-order valence-electron chi connectivity index (χ4n) is 2.87. The number of rotatable bonds is 6. The van der Waals surface area contributed by atoms with Crippen molar-refractivity contribution in [2.24, 2.45) is 0 Å². The van der Waals surface area contributed by atoms with Crippen molar-refractivity contribution in [3.05, 3.63) is 28.3 Å². The van der Waals surface area contributed by atoms with E-state index >= 15 is 0 Å². The van der Waals surface area contributed by atoms with Crippen LogP contribution in [0, 0.1) is 13.8 Å². The lowest BCUT2D eigenvalue weighted by Crippen LogP contribution is -2.54. The molecule has 1 saturated heterocycles. The lowest BCUT2D eigenvalue weighted by atomic mass is 9.86. The van der Waals surface area contributed by atoms with Crippen molar-refractivity contribution < 1.29 is 24.2 Å². The highest BCUT2D eigenvalue weighted by Gasteiger charge is 2.36. The molecule has 1 aromatic rings. The Morgan fingerprint density at radius 2 is 1.88 bits per heavy atom. The Kier molecular flexibility index (Phi) is 6.07. The Bertz CT molecular complexity index is 602. The van der Waals surface area contributed by atoms with Gasteiger partial charge in [-0.3, -0.25) is 9.59 Å². The van der Waals surface area contributed by atoms with E-state index < -0.39 is 11.5 Å². The Hall–Kier alpha value is -1.79. The van der Waals surface area contributed by atoms with Crippen LogP contribution in [0.5, 0.6) is 5.75 Å². The molecule has 7 heteroatoms. The van der Waals surface area contributed by atoms with Crippen LogP contribution in [-0.2, 0) is 14.3 Å². The van der Waals surface area contributed by atoms with E-state index in [2.05, 4.69) is 5.32 Å². The molecule has 1 aromatic carbocycles. The minimum absolute atomic E-state index is 0.124. The number of carboxylic acids is 1. The quantitative estimate of drug-likeness (QED) is 0.818. The molecule has 1 amide bonds. The Balaban J connectivity index is 1.97. The minimum atomic E-state index is -0.943. The molecule has 1 aliphatic rings. The first kappa shape index (κ1) is 18.5. The minimum Gasteiger partial charge on any atom is -0.484 e. The average molecular weight is 356 g/mol. The van der Waals surface area contributed by atoms with Gasteiger partial charge in [-0.25, -0.2) is 0 Å². The first-order valence-electron chi connectivity index (χ1n) is 7.81. The number of aryl methyl sites for hydroxylation is 2. The fraction of sp³-hybridized carbons (Fsp3) is 0.529. The maximum Gasteiger partial charge on any atom is 0.305 e. The smallest absolute Gasteiger partial charge is 0.305 e. The van der Waals surface area contributed by atoms with Crippen molar-refractivity contribution in [2.75, 3.05) is 19.8 Å². The van der Waals surface area contributed by atoms with Crippen molar-refractivity contribution in [3.8, 4) is 5.75 Å². The summed E-state index contributed by atoms with van der Waals surface area (Å²) in [6.45, 7) is 4.43. The standard InChI is InChI=1S/C17H22ClNO5/c1-11-7-13(8-12(2)16(11)18)24-10-14(20)19-17(9-15(21)22)3-5-23-6-4-17/h7-8H,3-6,9-10H2,1-2H3,(H,19,20)(H,21,22). The zero-order chi connectivity index (χ0) is 17.7. The van der Waals surface area contributed by atoms with Gasteiger partial charge in [-0.05, 0) is 49.9 Å². The van der Waals surface area contributed by atoms with Gasteiger partial charge in [0, 0.05) is 18.2 Å². The summed E-state index contributed by atoms with van der Waals surface area (Å²) in [5.74, 6) is -0.728. The van der Waals surface area contributed by atoms with E-state index in [9.17, 15) is 9.59 Å². The van der Waals surface area contributed by atoms with Gasteiger partial charge in [0.2, 0.25) is 0 Å². The van der Waals surface area contributed by atoms with Gasteiger partial charge >= 0.3 is 5.97 Å². The highest BCUT2D eigenvalue weighted by molar-refractivity contribution is 6.32. The second-order valence-electron chi connectivity index (χ2n) is 6.17. The number of ether oxygens (including phenoxy) is 2. The van der Waals surface area contributed by atoms with Gasteiger partial charge in [-0.15, -0.1) is 0 Å². The van der Waals surface area contributed by atoms with Crippen LogP contribution in [0.2, 0.25) is 5.02 Å². The van der Waals surface area contributed by atoms with Gasteiger partial charge in [0.05, 0.1) is 12.0 Å². The molecule has 24 heavy (non-hydrogen) atoms. The zero-order valence-corrected chi connectivity index (χ0v) is 14.6. The highest BCUT2D eigenvalue weighted by atomic mass is 35.5. The van der Waals surface area contributed by atoms with Crippen LogP contribution >= 0.6 is 11.6 Å². The SMILES string of the molecule is Cc1cc(OCC(=O)NC2(CC(=O)O)CCOCC2)cc(C)c1Cl. The molecule has 6 nitrogen and oxygen atoms in total. The number of hydrogen-bond acceptors (Lipinski definition) is 4. The molecular formula is C17H22ClNO5. The first-order valence-corrected chi connectivity index (χ1v) is 8.19. The van der Waals surface area contributed by atoms with E-state index in [1.807, 2.05) is 13.8 Å². The number of nitrogens with one attached hydrogen (secondary N) is 1. The number of halogens is 1. The molecule has 0 saturated carbocycles. The van der Waals surface area contributed by atoms with E-state index in [0.29, 0.717) is 36.8 Å². The van der Waals surface area contributed by atoms with Gasteiger partial charge in [-0.1, -0.05) is 11.6 Å². The number of benzene rings is 1. The Morgan fingerprint density at radius 3 is 2.42 bits per heavy atom. The number of carbonyl (C=O) groups excluding carboxylic acids is 1. The summed E-state index contributed by atoms with van der Waals surface area (Å²) in [7, 11) is 0. The number of carboxylic acid groups (broad SMARTS) is 1.